The van der Waals surface area contributed by atoms with Crippen molar-refractivity contribution in [2.24, 2.45) is 16.5 Å². The third-order valence-corrected chi connectivity index (χ3v) is 3.05. The van der Waals surface area contributed by atoms with E-state index in [1.54, 1.807) is 0 Å². The minimum Gasteiger partial charge on any atom is -0.411 e. The van der Waals surface area contributed by atoms with Crippen molar-refractivity contribution in [3.63, 3.8) is 0 Å². The Bertz CT molecular complexity index is 172. The number of hydrogen-bond acceptors (Lipinski definition) is 2. The third-order valence-electron chi connectivity index (χ3n) is 3.05. The van der Waals surface area contributed by atoms with Gasteiger partial charge in [-0.3, -0.25) is 0 Å². The molecule has 2 nitrogen and oxygen atoms in total. The van der Waals surface area contributed by atoms with Gasteiger partial charge in [0.2, 0.25) is 0 Å². The predicted octanol–water partition coefficient (Wildman–Crippen LogP) is 2.66. The van der Waals surface area contributed by atoms with Gasteiger partial charge >= 0.3 is 0 Å². The molecule has 1 saturated carbocycles. The molecule has 1 rings (SSSR count). The molecule has 0 spiro atoms. The number of hydrogen-bond donors (Lipinski definition) is 1. The monoisotopic (exact) mass is 155 g/mol. The van der Waals surface area contributed by atoms with E-state index in [0.29, 0.717) is 11.3 Å². The minimum atomic E-state index is 0.319. The molecule has 1 aliphatic rings. The number of rotatable bonds is 0. The Balaban J connectivity index is 2.76. The smallest absolute Gasteiger partial charge is 0.0604 e. The molecule has 0 aliphatic heterocycles. The predicted molar refractivity (Wildman–Crippen MR) is 46.0 cm³/mol. The lowest BCUT2D eigenvalue weighted by molar-refractivity contribution is 0.228. The fourth-order valence-corrected chi connectivity index (χ4v) is 1.75. The van der Waals surface area contributed by atoms with Crippen molar-refractivity contribution in [1.82, 2.24) is 0 Å². The van der Waals surface area contributed by atoms with Gasteiger partial charge in [-0.2, -0.15) is 0 Å². The fourth-order valence-electron chi connectivity index (χ4n) is 1.75. The Morgan fingerprint density at radius 2 is 2.18 bits per heavy atom. The highest BCUT2D eigenvalue weighted by Crippen LogP contribution is 2.38. The summed E-state index contributed by atoms with van der Waals surface area (Å²) in [5.74, 6) is 0.432. The molecule has 0 saturated heterocycles. The van der Waals surface area contributed by atoms with Crippen LogP contribution in [0.4, 0.5) is 0 Å². The molecule has 0 heterocycles. The first-order chi connectivity index (χ1) is 5.08. The molecule has 0 aromatic carbocycles. The van der Waals surface area contributed by atoms with Crippen LogP contribution in [-0.2, 0) is 0 Å². The van der Waals surface area contributed by atoms with Gasteiger partial charge in [0.1, 0.15) is 0 Å². The summed E-state index contributed by atoms with van der Waals surface area (Å²) in [6, 6.07) is 0. The van der Waals surface area contributed by atoms with Gasteiger partial charge in [0, 0.05) is 5.92 Å². The van der Waals surface area contributed by atoms with Crippen molar-refractivity contribution in [2.45, 2.75) is 40.0 Å². The molecule has 1 atom stereocenters. The summed E-state index contributed by atoms with van der Waals surface area (Å²) in [5, 5.41) is 12.0. The third kappa shape index (κ3) is 1.55. The van der Waals surface area contributed by atoms with Gasteiger partial charge in [0.25, 0.3) is 0 Å². The topological polar surface area (TPSA) is 32.6 Å². The Kier molecular flexibility index (Phi) is 2.21. The van der Waals surface area contributed by atoms with Gasteiger partial charge in [0.05, 0.1) is 5.71 Å². The second-order valence-electron chi connectivity index (χ2n) is 4.16. The molecule has 0 amide bonds. The summed E-state index contributed by atoms with van der Waals surface area (Å²) >= 11 is 0. The standard InChI is InChI=1S/C9H17NO/c1-7-8(10-11)5-4-6-9(7,2)3/h7,11H,4-6H2,1-3H3. The lowest BCUT2D eigenvalue weighted by Gasteiger charge is -2.36. The zero-order chi connectivity index (χ0) is 8.48. The molecule has 0 aromatic rings. The van der Waals surface area contributed by atoms with Crippen molar-refractivity contribution >= 4 is 5.71 Å². The fraction of sp³-hybridized carbons (Fsp3) is 0.889. The summed E-state index contributed by atoms with van der Waals surface area (Å²) in [6.07, 6.45) is 3.38. The average molecular weight is 155 g/mol. The van der Waals surface area contributed by atoms with Crippen LogP contribution < -0.4 is 0 Å². The Morgan fingerprint density at radius 3 is 2.64 bits per heavy atom. The zero-order valence-electron chi connectivity index (χ0n) is 7.59. The first-order valence-electron chi connectivity index (χ1n) is 4.29. The van der Waals surface area contributed by atoms with Crippen LogP contribution in [0.25, 0.3) is 0 Å². The van der Waals surface area contributed by atoms with Crippen LogP contribution in [0.1, 0.15) is 40.0 Å². The van der Waals surface area contributed by atoms with Gasteiger partial charge in [-0.05, 0) is 24.7 Å². The van der Waals surface area contributed by atoms with Gasteiger partial charge in [-0.1, -0.05) is 25.9 Å². The second kappa shape index (κ2) is 2.84. The number of nitrogens with zero attached hydrogens (tertiary/aromatic N) is 1. The van der Waals surface area contributed by atoms with Crippen molar-refractivity contribution in [2.75, 3.05) is 0 Å². The largest absolute Gasteiger partial charge is 0.411 e. The van der Waals surface area contributed by atoms with Gasteiger partial charge in [0.15, 0.2) is 0 Å². The van der Waals surface area contributed by atoms with Crippen LogP contribution in [-0.4, -0.2) is 10.9 Å². The quantitative estimate of drug-likeness (QED) is 0.423. The first-order valence-corrected chi connectivity index (χ1v) is 4.29. The Hall–Kier alpha value is -0.530. The van der Waals surface area contributed by atoms with Crippen LogP contribution in [0.3, 0.4) is 0 Å². The van der Waals surface area contributed by atoms with Gasteiger partial charge < -0.3 is 5.21 Å². The summed E-state index contributed by atoms with van der Waals surface area (Å²) in [6.45, 7) is 6.62. The highest BCUT2D eigenvalue weighted by molar-refractivity contribution is 5.87. The molecular formula is C9H17NO. The van der Waals surface area contributed by atoms with Crippen molar-refractivity contribution in [1.29, 1.82) is 0 Å². The molecular weight excluding hydrogens is 138 g/mol. The van der Waals surface area contributed by atoms with Crippen LogP contribution in [0, 0.1) is 11.3 Å². The maximum atomic E-state index is 8.68. The molecule has 11 heavy (non-hydrogen) atoms. The van der Waals surface area contributed by atoms with Crippen molar-refractivity contribution in [3.05, 3.63) is 0 Å². The molecule has 0 radical (unpaired) electrons. The molecule has 0 aromatic heterocycles. The molecule has 1 N–H and O–H groups in total. The van der Waals surface area contributed by atoms with Crippen molar-refractivity contribution < 1.29 is 5.21 Å². The normalized spacial score (nSPS) is 34.1. The zero-order valence-corrected chi connectivity index (χ0v) is 7.59. The maximum Gasteiger partial charge on any atom is 0.0604 e. The summed E-state index contributed by atoms with van der Waals surface area (Å²) in [7, 11) is 0. The Morgan fingerprint density at radius 1 is 1.55 bits per heavy atom. The molecule has 1 fully saturated rings. The van der Waals surface area contributed by atoms with E-state index in [0.717, 1.165) is 18.6 Å². The lowest BCUT2D eigenvalue weighted by atomic mass is 9.69. The highest BCUT2D eigenvalue weighted by atomic mass is 16.4. The van der Waals surface area contributed by atoms with Crippen LogP contribution in [0.15, 0.2) is 5.16 Å². The average Bonchev–Trinajstić information content (AvgIpc) is 1.95. The minimum absolute atomic E-state index is 0.319. The van der Waals surface area contributed by atoms with Crippen molar-refractivity contribution in [3.8, 4) is 0 Å². The SMILES string of the molecule is CC1C(=NO)CCCC1(C)C. The molecule has 0 bridgehead atoms. The molecule has 1 unspecified atom stereocenters. The summed E-state index contributed by atoms with van der Waals surface area (Å²) < 4.78 is 0. The summed E-state index contributed by atoms with van der Waals surface area (Å²) in [4.78, 5) is 0. The van der Waals surface area contributed by atoms with E-state index < -0.39 is 0 Å². The van der Waals surface area contributed by atoms with E-state index in [1.165, 1.54) is 6.42 Å². The molecule has 1 aliphatic carbocycles. The van der Waals surface area contributed by atoms with E-state index >= 15 is 0 Å². The van der Waals surface area contributed by atoms with Gasteiger partial charge in [-0.25, -0.2) is 0 Å². The first kappa shape index (κ1) is 8.57. The maximum absolute atomic E-state index is 8.68. The van der Waals surface area contributed by atoms with E-state index in [2.05, 4.69) is 25.9 Å². The van der Waals surface area contributed by atoms with Crippen LogP contribution in [0.5, 0.6) is 0 Å². The van der Waals surface area contributed by atoms with Crippen LogP contribution in [0.2, 0.25) is 0 Å². The number of oxime groups is 1. The summed E-state index contributed by atoms with van der Waals surface area (Å²) in [5.41, 5.74) is 1.29. The van der Waals surface area contributed by atoms with E-state index in [-0.39, 0.29) is 0 Å². The highest BCUT2D eigenvalue weighted by Gasteiger charge is 2.33. The van der Waals surface area contributed by atoms with E-state index in [1.807, 2.05) is 0 Å². The molecule has 64 valence electrons. The second-order valence-corrected chi connectivity index (χ2v) is 4.16. The van der Waals surface area contributed by atoms with E-state index in [4.69, 9.17) is 5.21 Å². The Labute approximate surface area is 68.3 Å². The van der Waals surface area contributed by atoms with Crippen LogP contribution >= 0.6 is 0 Å². The van der Waals surface area contributed by atoms with E-state index in [9.17, 15) is 0 Å². The molecule has 2 heteroatoms. The lowest BCUT2D eigenvalue weighted by Crippen LogP contribution is -2.33. The van der Waals surface area contributed by atoms with Gasteiger partial charge in [-0.15, -0.1) is 0 Å².